The van der Waals surface area contributed by atoms with Crippen molar-refractivity contribution in [3.8, 4) is 11.5 Å². The minimum Gasteiger partial charge on any atom is -0.508 e. The zero-order chi connectivity index (χ0) is 13.8. The number of amides is 1. The van der Waals surface area contributed by atoms with Crippen molar-refractivity contribution >= 4 is 29.1 Å². The number of nitrogens with one attached hydrogen (secondary N) is 1. The van der Waals surface area contributed by atoms with Gasteiger partial charge in [0.25, 0.3) is 5.91 Å². The van der Waals surface area contributed by atoms with Crippen LogP contribution in [-0.4, -0.2) is 33.4 Å². The summed E-state index contributed by atoms with van der Waals surface area (Å²) in [5, 5.41) is 21.5. The molecule has 6 heteroatoms. The zero-order valence-electron chi connectivity index (χ0n) is 9.91. The minimum absolute atomic E-state index is 0.0702. The van der Waals surface area contributed by atoms with Crippen LogP contribution in [0.2, 0.25) is 0 Å². The molecule has 0 spiro atoms. The van der Waals surface area contributed by atoms with Gasteiger partial charge < -0.3 is 15.5 Å². The second kappa shape index (κ2) is 6.16. The van der Waals surface area contributed by atoms with Gasteiger partial charge in [-0.15, -0.1) is 23.2 Å². The van der Waals surface area contributed by atoms with Crippen LogP contribution in [0, 0.1) is 0 Å². The van der Waals surface area contributed by atoms with Crippen molar-refractivity contribution in [2.75, 3.05) is 11.8 Å². The quantitative estimate of drug-likeness (QED) is 0.730. The lowest BCUT2D eigenvalue weighted by atomic mass is 10.0. The molecule has 18 heavy (non-hydrogen) atoms. The molecule has 1 amide bonds. The molecule has 0 aromatic heterocycles. The average Bonchev–Trinajstić information content (AvgIpc) is 2.36. The van der Waals surface area contributed by atoms with E-state index in [1.165, 1.54) is 12.1 Å². The Bertz CT molecular complexity index is 425. The molecule has 4 nitrogen and oxygen atoms in total. The number of rotatable bonds is 5. The van der Waals surface area contributed by atoms with Gasteiger partial charge >= 0.3 is 0 Å². The Labute approximate surface area is 116 Å². The second-order valence-electron chi connectivity index (χ2n) is 4.06. The first-order valence-corrected chi connectivity index (χ1v) is 6.51. The lowest BCUT2D eigenvalue weighted by molar-refractivity contribution is 0.0911. The number of aromatic hydroxyl groups is 2. The minimum atomic E-state index is -0.704. The highest BCUT2D eigenvalue weighted by Gasteiger charge is 2.29. The number of alkyl halides is 2. The van der Waals surface area contributed by atoms with Gasteiger partial charge in [0, 0.05) is 17.8 Å². The van der Waals surface area contributed by atoms with Crippen LogP contribution in [0.15, 0.2) is 18.2 Å². The van der Waals surface area contributed by atoms with E-state index in [-0.39, 0.29) is 28.8 Å². The smallest absolute Gasteiger partial charge is 0.255 e. The molecular weight excluding hydrogens is 277 g/mol. The number of hydrogen-bond acceptors (Lipinski definition) is 3. The summed E-state index contributed by atoms with van der Waals surface area (Å²) in [4.78, 5) is 12.0. The van der Waals surface area contributed by atoms with Gasteiger partial charge in [-0.1, -0.05) is 6.92 Å². The van der Waals surface area contributed by atoms with E-state index in [1.807, 2.05) is 6.92 Å². The van der Waals surface area contributed by atoms with E-state index in [0.29, 0.717) is 6.42 Å². The Kier molecular flexibility index (Phi) is 5.11. The maximum absolute atomic E-state index is 12.0. The van der Waals surface area contributed by atoms with Crippen LogP contribution in [0.25, 0.3) is 0 Å². The molecule has 3 N–H and O–H groups in total. The molecule has 0 saturated carbocycles. The van der Waals surface area contributed by atoms with Crippen molar-refractivity contribution in [2.24, 2.45) is 0 Å². The second-order valence-corrected chi connectivity index (χ2v) is 4.59. The number of halogens is 2. The van der Waals surface area contributed by atoms with E-state index in [2.05, 4.69) is 5.32 Å². The highest BCUT2D eigenvalue weighted by molar-refractivity contribution is 6.22. The van der Waals surface area contributed by atoms with E-state index in [9.17, 15) is 9.90 Å². The normalized spacial score (nSPS) is 11.3. The largest absolute Gasteiger partial charge is 0.508 e. The van der Waals surface area contributed by atoms with Crippen molar-refractivity contribution in [1.82, 2.24) is 5.32 Å². The predicted molar refractivity (Wildman–Crippen MR) is 71.7 cm³/mol. The van der Waals surface area contributed by atoms with Crippen LogP contribution in [0.3, 0.4) is 0 Å². The van der Waals surface area contributed by atoms with Gasteiger partial charge in [0.2, 0.25) is 0 Å². The Morgan fingerprint density at radius 3 is 2.39 bits per heavy atom. The van der Waals surface area contributed by atoms with Gasteiger partial charge in [0.05, 0.1) is 11.1 Å². The number of phenols is 2. The van der Waals surface area contributed by atoms with Crippen LogP contribution in [0.4, 0.5) is 0 Å². The number of carbonyl (C=O) groups is 1. The van der Waals surface area contributed by atoms with Crippen molar-refractivity contribution in [2.45, 2.75) is 18.9 Å². The Hall–Kier alpha value is -1.13. The summed E-state index contributed by atoms with van der Waals surface area (Å²) in [6, 6.07) is 3.76. The molecule has 1 rings (SSSR count). The van der Waals surface area contributed by atoms with E-state index in [0.717, 1.165) is 6.07 Å². The Morgan fingerprint density at radius 1 is 1.33 bits per heavy atom. The summed E-state index contributed by atoms with van der Waals surface area (Å²) < 4.78 is 0. The number of phenolic OH excluding ortho intramolecular Hbond substituents is 2. The molecule has 0 fully saturated rings. The van der Waals surface area contributed by atoms with Crippen LogP contribution < -0.4 is 5.32 Å². The first-order chi connectivity index (χ1) is 8.48. The maximum Gasteiger partial charge on any atom is 0.255 e. The molecule has 1 aromatic rings. The highest BCUT2D eigenvalue weighted by Crippen LogP contribution is 2.24. The number of benzene rings is 1. The van der Waals surface area contributed by atoms with Crippen molar-refractivity contribution in [1.29, 1.82) is 0 Å². The zero-order valence-corrected chi connectivity index (χ0v) is 11.4. The fourth-order valence-electron chi connectivity index (χ4n) is 1.40. The predicted octanol–water partition coefficient (Wildman–Crippen LogP) is 2.45. The van der Waals surface area contributed by atoms with E-state index >= 15 is 0 Å². The van der Waals surface area contributed by atoms with Crippen molar-refractivity contribution in [3.63, 3.8) is 0 Å². The topological polar surface area (TPSA) is 69.6 Å². The molecule has 100 valence electrons. The van der Waals surface area contributed by atoms with Crippen LogP contribution >= 0.6 is 23.2 Å². The van der Waals surface area contributed by atoms with Crippen LogP contribution in [0.1, 0.15) is 23.7 Å². The Balaban J connectivity index is 2.94. The van der Waals surface area contributed by atoms with Gasteiger partial charge in [0.1, 0.15) is 11.5 Å². The summed E-state index contributed by atoms with van der Waals surface area (Å²) in [5.74, 6) is -0.521. The standard InChI is InChI=1S/C12H15Cl2NO3/c1-2-12(6-13,7-14)15-11(18)9-4-3-8(16)5-10(9)17/h3-5,16-17H,2,6-7H2,1H3,(H,15,18). The molecule has 0 unspecified atom stereocenters. The summed E-state index contributed by atoms with van der Waals surface area (Å²) in [6.07, 6.45) is 0.574. The molecule has 1 aromatic carbocycles. The average molecular weight is 292 g/mol. The first kappa shape index (κ1) is 14.9. The molecule has 0 aliphatic heterocycles. The Morgan fingerprint density at radius 2 is 1.94 bits per heavy atom. The van der Waals surface area contributed by atoms with E-state index < -0.39 is 11.4 Å². The molecule has 0 saturated heterocycles. The summed E-state index contributed by atoms with van der Waals surface area (Å²) in [6.45, 7) is 1.86. The fraction of sp³-hybridized carbons (Fsp3) is 0.417. The first-order valence-electron chi connectivity index (χ1n) is 5.44. The maximum atomic E-state index is 12.0. The van der Waals surface area contributed by atoms with Gasteiger partial charge in [-0.2, -0.15) is 0 Å². The van der Waals surface area contributed by atoms with E-state index in [4.69, 9.17) is 28.3 Å². The highest BCUT2D eigenvalue weighted by atomic mass is 35.5. The fourth-order valence-corrected chi connectivity index (χ4v) is 2.20. The summed E-state index contributed by atoms with van der Waals surface area (Å²) in [7, 11) is 0. The molecule has 0 aliphatic carbocycles. The molecule has 0 aliphatic rings. The molecular formula is C12H15Cl2NO3. The third-order valence-corrected chi connectivity index (χ3v) is 3.82. The number of hydrogen-bond donors (Lipinski definition) is 3. The SMILES string of the molecule is CCC(CCl)(CCl)NC(=O)c1ccc(O)cc1O. The van der Waals surface area contributed by atoms with Crippen molar-refractivity contribution in [3.05, 3.63) is 23.8 Å². The third-order valence-electron chi connectivity index (χ3n) is 2.79. The van der Waals surface area contributed by atoms with Gasteiger partial charge in [-0.05, 0) is 18.6 Å². The van der Waals surface area contributed by atoms with Crippen molar-refractivity contribution < 1.29 is 15.0 Å². The summed E-state index contributed by atoms with van der Waals surface area (Å²) >= 11 is 11.6. The van der Waals surface area contributed by atoms with Gasteiger partial charge in [0.15, 0.2) is 0 Å². The van der Waals surface area contributed by atoms with Gasteiger partial charge in [-0.3, -0.25) is 4.79 Å². The van der Waals surface area contributed by atoms with Crippen LogP contribution in [0.5, 0.6) is 11.5 Å². The molecule has 0 heterocycles. The molecule has 0 bridgehead atoms. The van der Waals surface area contributed by atoms with E-state index in [1.54, 1.807) is 0 Å². The third kappa shape index (κ3) is 3.21. The molecule has 0 atom stereocenters. The lowest BCUT2D eigenvalue weighted by Crippen LogP contribution is -2.51. The van der Waals surface area contributed by atoms with Crippen LogP contribution in [-0.2, 0) is 0 Å². The monoisotopic (exact) mass is 291 g/mol. The lowest BCUT2D eigenvalue weighted by Gasteiger charge is -2.29. The molecule has 0 radical (unpaired) electrons. The number of carbonyl (C=O) groups excluding carboxylic acids is 1. The summed E-state index contributed by atoms with van der Waals surface area (Å²) in [5.41, 5.74) is -0.634. The van der Waals surface area contributed by atoms with Gasteiger partial charge in [-0.25, -0.2) is 0 Å².